The Labute approximate surface area is 123 Å². The van der Waals surface area contributed by atoms with Gasteiger partial charge in [0.2, 0.25) is 0 Å². The van der Waals surface area contributed by atoms with Gasteiger partial charge >= 0.3 is 0 Å². The molecule has 0 aromatic carbocycles. The Morgan fingerprint density at radius 3 is 2.95 bits per heavy atom. The van der Waals surface area contributed by atoms with Gasteiger partial charge < -0.3 is 4.74 Å². The number of halogens is 1. The van der Waals surface area contributed by atoms with Crippen LogP contribution in [0, 0.1) is 17.2 Å². The summed E-state index contributed by atoms with van der Waals surface area (Å²) in [6.45, 7) is 0.875. The quantitative estimate of drug-likeness (QED) is 0.804. The van der Waals surface area contributed by atoms with Crippen molar-refractivity contribution in [3.63, 3.8) is 0 Å². The van der Waals surface area contributed by atoms with E-state index < -0.39 is 0 Å². The molecular formula is C15H16ClN3O. The Hall–Kier alpha value is -1.44. The van der Waals surface area contributed by atoms with Crippen molar-refractivity contribution in [2.45, 2.75) is 31.8 Å². The van der Waals surface area contributed by atoms with Crippen LogP contribution in [0.15, 0.2) is 17.3 Å². The van der Waals surface area contributed by atoms with Gasteiger partial charge in [-0.2, -0.15) is 5.26 Å². The second-order valence-electron chi connectivity index (χ2n) is 5.30. The van der Waals surface area contributed by atoms with E-state index in [1.807, 2.05) is 0 Å². The van der Waals surface area contributed by atoms with Gasteiger partial charge in [0.1, 0.15) is 11.8 Å². The number of alkyl halides is 1. The summed E-state index contributed by atoms with van der Waals surface area (Å²) in [7, 11) is 0. The molecule has 0 aliphatic carbocycles. The highest BCUT2D eigenvalue weighted by molar-refractivity contribution is 6.29. The Morgan fingerprint density at radius 2 is 2.30 bits per heavy atom. The fraction of sp³-hybridized carbons (Fsp3) is 0.533. The molecule has 1 unspecified atom stereocenters. The summed E-state index contributed by atoms with van der Waals surface area (Å²) < 4.78 is 5.53. The first-order valence-corrected chi connectivity index (χ1v) is 7.47. The molecular weight excluding hydrogens is 274 g/mol. The Balaban J connectivity index is 1.87. The van der Waals surface area contributed by atoms with Crippen molar-refractivity contribution in [1.82, 2.24) is 4.98 Å². The molecule has 0 spiro atoms. The van der Waals surface area contributed by atoms with E-state index in [1.54, 1.807) is 12.3 Å². The van der Waals surface area contributed by atoms with E-state index in [-0.39, 0.29) is 0 Å². The fourth-order valence-corrected chi connectivity index (χ4v) is 3.03. The maximum atomic E-state index is 8.94. The van der Waals surface area contributed by atoms with Gasteiger partial charge in [0.05, 0.1) is 17.7 Å². The summed E-state index contributed by atoms with van der Waals surface area (Å²) >= 11 is 6.08. The fourth-order valence-electron chi connectivity index (χ4n) is 2.75. The molecule has 104 valence electrons. The van der Waals surface area contributed by atoms with E-state index >= 15 is 0 Å². The number of nitrogens with zero attached hydrogens (tertiary/aromatic N) is 3. The minimum Gasteiger partial charge on any atom is -0.378 e. The summed E-state index contributed by atoms with van der Waals surface area (Å²) in [4.78, 5) is 8.83. The van der Waals surface area contributed by atoms with Crippen LogP contribution in [-0.2, 0) is 11.2 Å². The van der Waals surface area contributed by atoms with E-state index in [1.165, 1.54) is 0 Å². The van der Waals surface area contributed by atoms with E-state index in [2.05, 4.69) is 11.1 Å². The molecule has 0 N–H and O–H groups in total. The summed E-state index contributed by atoms with van der Waals surface area (Å²) in [5, 5.41) is 8.94. The standard InChI is InChI=1S/C15H16ClN3O/c16-7-15-10(5-13-3-4-20-13)1-2-11-9-18-12(8-17)6-14(11)19-15/h6,9-10,13H,1-5,7H2/t10?,13-/m0/s1. The molecule has 1 aromatic rings. The highest BCUT2D eigenvalue weighted by atomic mass is 35.5. The van der Waals surface area contributed by atoms with Crippen molar-refractivity contribution < 1.29 is 4.74 Å². The van der Waals surface area contributed by atoms with E-state index in [0.717, 1.165) is 49.3 Å². The normalized spacial score (nSPS) is 24.9. The molecule has 1 saturated heterocycles. The molecule has 4 nitrogen and oxygen atoms in total. The third-order valence-electron chi connectivity index (χ3n) is 4.05. The number of aromatic nitrogens is 1. The Kier molecular flexibility index (Phi) is 4.00. The lowest BCUT2D eigenvalue weighted by molar-refractivity contribution is -0.0592. The van der Waals surface area contributed by atoms with Gasteiger partial charge in [0.15, 0.2) is 0 Å². The van der Waals surface area contributed by atoms with Crippen molar-refractivity contribution in [2.75, 3.05) is 12.5 Å². The highest BCUT2D eigenvalue weighted by Gasteiger charge is 2.27. The monoisotopic (exact) mass is 289 g/mol. The van der Waals surface area contributed by atoms with Crippen LogP contribution in [0.2, 0.25) is 0 Å². The minimum absolute atomic E-state index is 0.363. The van der Waals surface area contributed by atoms with Crippen molar-refractivity contribution in [3.05, 3.63) is 23.5 Å². The zero-order valence-electron chi connectivity index (χ0n) is 11.2. The number of fused-ring (bicyclic) bond motifs is 1. The lowest BCUT2D eigenvalue weighted by Crippen LogP contribution is -2.31. The number of ether oxygens (including phenoxy) is 1. The summed E-state index contributed by atoms with van der Waals surface area (Å²) in [6, 6.07) is 3.81. The Bertz CT molecular complexity index is 575. The van der Waals surface area contributed by atoms with Crippen LogP contribution >= 0.6 is 11.6 Å². The van der Waals surface area contributed by atoms with E-state index in [4.69, 9.17) is 26.6 Å². The summed E-state index contributed by atoms with van der Waals surface area (Å²) in [5.41, 5.74) is 3.37. The van der Waals surface area contributed by atoms with Gasteiger partial charge in [-0.1, -0.05) is 0 Å². The molecule has 0 saturated carbocycles. The maximum absolute atomic E-state index is 8.94. The molecule has 1 fully saturated rings. The molecule has 2 atom stereocenters. The van der Waals surface area contributed by atoms with E-state index in [0.29, 0.717) is 23.6 Å². The molecule has 20 heavy (non-hydrogen) atoms. The third-order valence-corrected chi connectivity index (χ3v) is 4.33. The minimum atomic E-state index is 0.363. The van der Waals surface area contributed by atoms with Gasteiger partial charge in [-0.15, -0.1) is 11.6 Å². The SMILES string of the molecule is N#Cc1cc2c(cn1)CCC(C[C@@H]1CCO1)C(CCl)=N2. The topological polar surface area (TPSA) is 58.3 Å². The molecule has 0 amide bonds. The zero-order valence-corrected chi connectivity index (χ0v) is 11.9. The van der Waals surface area contributed by atoms with Crippen LogP contribution in [0.3, 0.4) is 0 Å². The summed E-state index contributed by atoms with van der Waals surface area (Å²) in [5.74, 6) is 0.803. The predicted molar refractivity (Wildman–Crippen MR) is 77.6 cm³/mol. The third kappa shape index (κ3) is 2.70. The molecule has 3 rings (SSSR count). The number of pyridine rings is 1. The smallest absolute Gasteiger partial charge is 0.142 e. The van der Waals surface area contributed by atoms with Crippen molar-refractivity contribution in [3.8, 4) is 6.07 Å². The summed E-state index contributed by atoms with van der Waals surface area (Å²) in [6.07, 6.45) is 6.21. The first-order valence-electron chi connectivity index (χ1n) is 6.94. The molecule has 5 heteroatoms. The van der Waals surface area contributed by atoms with Gasteiger partial charge in [-0.05, 0) is 31.2 Å². The average Bonchev–Trinajstić information content (AvgIpc) is 2.61. The van der Waals surface area contributed by atoms with E-state index in [9.17, 15) is 0 Å². The van der Waals surface area contributed by atoms with Gasteiger partial charge in [0.25, 0.3) is 0 Å². The van der Waals surface area contributed by atoms with Crippen LogP contribution in [0.25, 0.3) is 0 Å². The molecule has 2 aliphatic heterocycles. The second kappa shape index (κ2) is 5.90. The molecule has 3 heterocycles. The number of hydrogen-bond acceptors (Lipinski definition) is 4. The highest BCUT2D eigenvalue weighted by Crippen LogP contribution is 2.32. The molecule has 0 bridgehead atoms. The lowest BCUT2D eigenvalue weighted by Gasteiger charge is -2.30. The predicted octanol–water partition coefficient (Wildman–Crippen LogP) is 3.01. The van der Waals surface area contributed by atoms with Crippen LogP contribution in [0.1, 0.15) is 30.5 Å². The number of hydrogen-bond donors (Lipinski definition) is 0. The van der Waals surface area contributed by atoms with Gasteiger partial charge in [-0.25, -0.2) is 4.98 Å². The number of rotatable bonds is 3. The maximum Gasteiger partial charge on any atom is 0.142 e. The first kappa shape index (κ1) is 13.5. The van der Waals surface area contributed by atoms with Crippen molar-refractivity contribution in [2.24, 2.45) is 10.9 Å². The average molecular weight is 290 g/mol. The zero-order chi connectivity index (χ0) is 13.9. The lowest BCUT2D eigenvalue weighted by atomic mass is 9.89. The van der Waals surface area contributed by atoms with Gasteiger partial charge in [0, 0.05) is 30.5 Å². The van der Waals surface area contributed by atoms with Crippen LogP contribution in [-0.4, -0.2) is 29.3 Å². The largest absolute Gasteiger partial charge is 0.378 e. The number of nitriles is 1. The molecule has 2 aliphatic rings. The molecule has 1 aromatic heterocycles. The van der Waals surface area contributed by atoms with Crippen molar-refractivity contribution in [1.29, 1.82) is 5.26 Å². The number of aryl methyl sites for hydroxylation is 1. The van der Waals surface area contributed by atoms with Crippen LogP contribution in [0.5, 0.6) is 0 Å². The first-order chi connectivity index (χ1) is 9.80. The molecule has 0 radical (unpaired) electrons. The van der Waals surface area contributed by atoms with Crippen LogP contribution in [0.4, 0.5) is 5.69 Å². The second-order valence-corrected chi connectivity index (χ2v) is 5.57. The van der Waals surface area contributed by atoms with Gasteiger partial charge in [-0.3, -0.25) is 4.99 Å². The van der Waals surface area contributed by atoms with Crippen molar-refractivity contribution >= 4 is 23.0 Å². The van der Waals surface area contributed by atoms with Crippen LogP contribution < -0.4 is 0 Å². The Morgan fingerprint density at radius 1 is 1.45 bits per heavy atom. The number of aliphatic imine (C=N–C) groups is 1.